The molecule has 0 aliphatic carbocycles. The highest BCUT2D eigenvalue weighted by Gasteiger charge is 2.47. The van der Waals surface area contributed by atoms with Crippen LogP contribution in [0.4, 0.5) is 18.0 Å². The average Bonchev–Trinajstić information content (AvgIpc) is 2.47. The van der Waals surface area contributed by atoms with Crippen molar-refractivity contribution < 1.29 is 51.3 Å². The van der Waals surface area contributed by atoms with Crippen LogP contribution in [0, 0.1) is 0 Å². The lowest BCUT2D eigenvalue weighted by Crippen LogP contribution is -2.55. The molecule has 2 atom stereocenters. The minimum absolute atomic E-state index is 0.767. The standard InChI is InChI=1S/C10H12F3NO8/c1-19-6(15)4(14-9(18)21-3)5(7(16)20-2)22-8(17)10(11,12)13/h4-5H,1-3H3,(H,14,18)/t4-,5+/m0/s1. The summed E-state index contributed by atoms with van der Waals surface area (Å²) in [7, 11) is 2.48. The smallest absolute Gasteiger partial charge is 0.467 e. The fraction of sp³-hybridized carbons (Fsp3) is 0.600. The molecule has 0 aromatic carbocycles. The van der Waals surface area contributed by atoms with Gasteiger partial charge in [0.05, 0.1) is 21.3 Å². The molecule has 0 radical (unpaired) electrons. The number of alkyl carbamates (subject to hydrolysis) is 1. The lowest BCUT2D eigenvalue weighted by molar-refractivity contribution is -0.209. The molecule has 0 aromatic heterocycles. The molecule has 0 saturated heterocycles. The first-order valence-corrected chi connectivity index (χ1v) is 5.36. The topological polar surface area (TPSA) is 117 Å². The van der Waals surface area contributed by atoms with Crippen molar-refractivity contribution in [3.05, 3.63) is 0 Å². The first-order valence-electron chi connectivity index (χ1n) is 5.36. The van der Waals surface area contributed by atoms with E-state index in [4.69, 9.17) is 0 Å². The molecule has 0 aromatic rings. The highest BCUT2D eigenvalue weighted by molar-refractivity contribution is 5.91. The molecule has 1 N–H and O–H groups in total. The van der Waals surface area contributed by atoms with Crippen LogP contribution in [0.5, 0.6) is 0 Å². The minimum Gasteiger partial charge on any atom is -0.467 e. The molecule has 0 heterocycles. The van der Waals surface area contributed by atoms with E-state index in [0.717, 1.165) is 21.3 Å². The molecule has 0 aliphatic rings. The van der Waals surface area contributed by atoms with Crippen LogP contribution in [-0.2, 0) is 33.3 Å². The van der Waals surface area contributed by atoms with Crippen molar-refractivity contribution in [2.24, 2.45) is 0 Å². The molecular weight excluding hydrogens is 319 g/mol. The summed E-state index contributed by atoms with van der Waals surface area (Å²) in [5.74, 6) is -5.65. The monoisotopic (exact) mass is 331 g/mol. The number of hydrogen-bond acceptors (Lipinski definition) is 8. The summed E-state index contributed by atoms with van der Waals surface area (Å²) in [4.78, 5) is 44.8. The van der Waals surface area contributed by atoms with E-state index in [-0.39, 0.29) is 0 Å². The molecule has 0 rings (SSSR count). The molecule has 0 spiro atoms. The maximum absolute atomic E-state index is 12.2. The van der Waals surface area contributed by atoms with Crippen molar-refractivity contribution in [1.29, 1.82) is 0 Å². The van der Waals surface area contributed by atoms with Crippen LogP contribution in [-0.4, -0.2) is 63.7 Å². The quantitative estimate of drug-likeness (QED) is 0.531. The summed E-state index contributed by atoms with van der Waals surface area (Å²) in [5, 5.41) is 1.71. The second-order valence-corrected chi connectivity index (χ2v) is 3.48. The van der Waals surface area contributed by atoms with Crippen molar-refractivity contribution in [2.45, 2.75) is 18.3 Å². The van der Waals surface area contributed by atoms with Gasteiger partial charge in [0.2, 0.25) is 6.10 Å². The first-order chi connectivity index (χ1) is 10.1. The van der Waals surface area contributed by atoms with E-state index in [1.807, 2.05) is 0 Å². The normalized spacial score (nSPS) is 13.4. The van der Waals surface area contributed by atoms with E-state index in [9.17, 15) is 32.3 Å². The predicted octanol–water partition coefficient (Wildman–Crippen LogP) is -0.469. The zero-order valence-electron chi connectivity index (χ0n) is 11.6. The van der Waals surface area contributed by atoms with E-state index in [2.05, 4.69) is 18.9 Å². The fourth-order valence-electron chi connectivity index (χ4n) is 1.12. The summed E-state index contributed by atoms with van der Waals surface area (Å²) < 4.78 is 53.0. The van der Waals surface area contributed by atoms with Gasteiger partial charge in [0, 0.05) is 0 Å². The third-order valence-electron chi connectivity index (χ3n) is 2.12. The molecule has 0 unspecified atom stereocenters. The van der Waals surface area contributed by atoms with Gasteiger partial charge in [-0.05, 0) is 0 Å². The highest BCUT2D eigenvalue weighted by atomic mass is 19.4. The van der Waals surface area contributed by atoms with Crippen LogP contribution in [0.25, 0.3) is 0 Å². The molecule has 0 aliphatic heterocycles. The first kappa shape index (κ1) is 19.5. The van der Waals surface area contributed by atoms with Gasteiger partial charge in [-0.3, -0.25) is 0 Å². The van der Waals surface area contributed by atoms with E-state index in [1.54, 1.807) is 5.32 Å². The zero-order valence-corrected chi connectivity index (χ0v) is 11.6. The number of carbonyl (C=O) groups excluding carboxylic acids is 4. The Hall–Kier alpha value is -2.53. The van der Waals surface area contributed by atoms with Crippen molar-refractivity contribution >= 4 is 24.0 Å². The summed E-state index contributed by atoms with van der Waals surface area (Å²) >= 11 is 0. The number of halogens is 3. The third-order valence-corrected chi connectivity index (χ3v) is 2.12. The number of ether oxygens (including phenoxy) is 4. The second kappa shape index (κ2) is 8.05. The summed E-state index contributed by atoms with van der Waals surface area (Å²) in [6.07, 6.45) is -9.14. The molecule has 9 nitrogen and oxygen atoms in total. The number of hydrogen-bond donors (Lipinski definition) is 1. The van der Waals surface area contributed by atoms with E-state index in [0.29, 0.717) is 0 Å². The molecular formula is C10H12F3NO8. The number of rotatable bonds is 5. The summed E-state index contributed by atoms with van der Waals surface area (Å²) in [5.41, 5.74) is 0. The van der Waals surface area contributed by atoms with Crippen molar-refractivity contribution in [3.63, 3.8) is 0 Å². The lowest BCUT2D eigenvalue weighted by atomic mass is 10.1. The van der Waals surface area contributed by atoms with Gasteiger partial charge in [-0.15, -0.1) is 0 Å². The van der Waals surface area contributed by atoms with Crippen LogP contribution in [0.2, 0.25) is 0 Å². The molecule has 12 heteroatoms. The number of alkyl halides is 3. The Bertz CT molecular complexity index is 450. The fourth-order valence-corrected chi connectivity index (χ4v) is 1.12. The summed E-state index contributed by atoms with van der Waals surface area (Å²) in [6.45, 7) is 0. The van der Waals surface area contributed by atoms with Crippen molar-refractivity contribution in [3.8, 4) is 0 Å². The van der Waals surface area contributed by atoms with Gasteiger partial charge < -0.3 is 24.3 Å². The van der Waals surface area contributed by atoms with Gasteiger partial charge in [0.15, 0.2) is 6.04 Å². The molecule has 0 fully saturated rings. The van der Waals surface area contributed by atoms with Crippen LogP contribution < -0.4 is 5.32 Å². The molecule has 22 heavy (non-hydrogen) atoms. The number of esters is 3. The summed E-state index contributed by atoms with van der Waals surface area (Å²) in [6, 6.07) is -2.10. The number of nitrogens with one attached hydrogen (secondary N) is 1. The van der Waals surface area contributed by atoms with Gasteiger partial charge in [0.1, 0.15) is 0 Å². The second-order valence-electron chi connectivity index (χ2n) is 3.48. The Balaban J connectivity index is 5.48. The van der Waals surface area contributed by atoms with E-state index >= 15 is 0 Å². The number of methoxy groups -OCH3 is 3. The zero-order chi connectivity index (χ0) is 17.5. The van der Waals surface area contributed by atoms with Crippen LogP contribution in [0.3, 0.4) is 0 Å². The lowest BCUT2D eigenvalue weighted by Gasteiger charge is -2.23. The molecule has 126 valence electrons. The highest BCUT2D eigenvalue weighted by Crippen LogP contribution is 2.19. The minimum atomic E-state index is -5.43. The molecule has 0 bridgehead atoms. The number of amides is 1. The van der Waals surface area contributed by atoms with Gasteiger partial charge >= 0.3 is 30.2 Å². The maximum atomic E-state index is 12.2. The Morgan fingerprint density at radius 2 is 1.41 bits per heavy atom. The third kappa shape index (κ3) is 5.46. The van der Waals surface area contributed by atoms with Crippen LogP contribution in [0.1, 0.15) is 0 Å². The average molecular weight is 331 g/mol. The Morgan fingerprint density at radius 3 is 1.77 bits per heavy atom. The largest absolute Gasteiger partial charge is 0.490 e. The van der Waals surface area contributed by atoms with E-state index < -0.39 is 42.3 Å². The van der Waals surface area contributed by atoms with E-state index in [1.165, 1.54) is 0 Å². The van der Waals surface area contributed by atoms with Crippen molar-refractivity contribution in [2.75, 3.05) is 21.3 Å². The Morgan fingerprint density at radius 1 is 0.909 bits per heavy atom. The van der Waals surface area contributed by atoms with Gasteiger partial charge in [-0.2, -0.15) is 13.2 Å². The predicted molar refractivity (Wildman–Crippen MR) is 59.3 cm³/mol. The number of carbonyl (C=O) groups is 4. The van der Waals surface area contributed by atoms with Gasteiger partial charge in [-0.25, -0.2) is 19.2 Å². The SMILES string of the molecule is COC(=O)N[C@H](C(=O)OC)[C@@H](OC(=O)C(F)(F)F)C(=O)OC. The molecule has 1 amide bonds. The molecule has 0 saturated carbocycles. The van der Waals surface area contributed by atoms with Crippen molar-refractivity contribution in [1.82, 2.24) is 5.32 Å². The maximum Gasteiger partial charge on any atom is 0.490 e. The van der Waals surface area contributed by atoms with Crippen LogP contribution in [0.15, 0.2) is 0 Å². The Kier molecular flexibility index (Phi) is 7.12. The van der Waals surface area contributed by atoms with Gasteiger partial charge in [0.25, 0.3) is 0 Å². The Labute approximate surface area is 121 Å². The van der Waals surface area contributed by atoms with Gasteiger partial charge in [-0.1, -0.05) is 0 Å². The van der Waals surface area contributed by atoms with Crippen LogP contribution >= 0.6 is 0 Å².